The average Bonchev–Trinajstić information content (AvgIpc) is 3.02. The predicted octanol–water partition coefficient (Wildman–Crippen LogP) is 9.23. The van der Waals surface area contributed by atoms with Crippen molar-refractivity contribution in [1.29, 1.82) is 0 Å². The average molecular weight is 522 g/mol. The van der Waals surface area contributed by atoms with Crippen LogP contribution < -0.4 is 0 Å². The Morgan fingerprint density at radius 2 is 0.933 bits per heavy atom. The Kier molecular flexibility index (Phi) is 7.44. The Bertz CT molecular complexity index is 1060. The number of aliphatic imine (C=N–C) groups is 2. The smallest absolute Gasteiger partial charge is 0.101 e. The quantitative estimate of drug-likeness (QED) is 0.306. The van der Waals surface area contributed by atoms with E-state index in [0.29, 0.717) is 41.5 Å². The van der Waals surface area contributed by atoms with Gasteiger partial charge in [-0.05, 0) is 50.2 Å². The predicted molar refractivity (Wildman–Crippen MR) is 132 cm³/mol. The van der Waals surface area contributed by atoms with Crippen LogP contribution >= 0.6 is 69.6 Å². The Labute approximate surface area is 204 Å². The second kappa shape index (κ2) is 9.52. The van der Waals surface area contributed by atoms with Crippen molar-refractivity contribution in [3.05, 3.63) is 77.9 Å². The summed E-state index contributed by atoms with van der Waals surface area (Å²) < 4.78 is 1.97. The first kappa shape index (κ1) is 23.5. The van der Waals surface area contributed by atoms with Crippen LogP contribution in [0.1, 0.15) is 25.2 Å². The van der Waals surface area contributed by atoms with Gasteiger partial charge in [0.15, 0.2) is 0 Å². The van der Waals surface area contributed by atoms with Gasteiger partial charge in [-0.2, -0.15) is 0 Å². The largest absolute Gasteiger partial charge is 0.342 e. The van der Waals surface area contributed by atoms with Gasteiger partial charge in [0, 0.05) is 17.1 Å². The minimum Gasteiger partial charge on any atom is -0.342 e. The highest BCUT2D eigenvalue weighted by Gasteiger charge is 2.14. The second-order valence-electron chi connectivity index (χ2n) is 6.49. The minimum absolute atomic E-state index is 0.381. The molecule has 1 aromatic heterocycles. The van der Waals surface area contributed by atoms with Crippen LogP contribution in [0.2, 0.25) is 30.1 Å². The summed E-state index contributed by atoms with van der Waals surface area (Å²) in [6.45, 7) is 3.75. The van der Waals surface area contributed by atoms with E-state index in [-0.39, 0.29) is 0 Å². The van der Waals surface area contributed by atoms with Gasteiger partial charge >= 0.3 is 0 Å². The molecule has 3 rings (SSSR count). The lowest BCUT2D eigenvalue weighted by Gasteiger charge is -2.10. The van der Waals surface area contributed by atoms with Gasteiger partial charge in [-0.15, -0.1) is 0 Å². The molecular formula is C21H15Cl6N3. The molecule has 0 aliphatic rings. The van der Waals surface area contributed by atoms with Crippen LogP contribution in [0.4, 0.5) is 11.4 Å². The van der Waals surface area contributed by atoms with E-state index in [2.05, 4.69) is 9.98 Å². The van der Waals surface area contributed by atoms with Gasteiger partial charge in [0.2, 0.25) is 0 Å². The van der Waals surface area contributed by atoms with Gasteiger partial charge in [-0.3, -0.25) is 0 Å². The normalized spacial score (nSPS) is 12.6. The van der Waals surface area contributed by atoms with E-state index in [1.165, 1.54) is 0 Å². The van der Waals surface area contributed by atoms with Crippen LogP contribution in [0, 0.1) is 0 Å². The summed E-state index contributed by atoms with van der Waals surface area (Å²) in [6, 6.07) is 10.3. The van der Waals surface area contributed by atoms with Crippen molar-refractivity contribution >= 4 is 92.4 Å². The van der Waals surface area contributed by atoms with E-state index in [9.17, 15) is 0 Å². The monoisotopic (exact) mass is 519 g/mol. The zero-order valence-corrected chi connectivity index (χ0v) is 20.6. The van der Waals surface area contributed by atoms with Crippen molar-refractivity contribution in [2.75, 3.05) is 0 Å². The number of hydrogen-bond donors (Lipinski definition) is 0. The number of aromatic nitrogens is 1. The van der Waals surface area contributed by atoms with E-state index in [4.69, 9.17) is 69.6 Å². The van der Waals surface area contributed by atoms with Crippen LogP contribution in [-0.2, 0) is 7.05 Å². The minimum atomic E-state index is 0.381. The molecule has 0 aliphatic carbocycles. The Balaban J connectivity index is 2.00. The lowest BCUT2D eigenvalue weighted by atomic mass is 10.2. The van der Waals surface area contributed by atoms with Crippen molar-refractivity contribution in [3.8, 4) is 0 Å². The number of hydrogen-bond acceptors (Lipinski definition) is 2. The highest BCUT2D eigenvalue weighted by Crippen LogP contribution is 2.37. The van der Waals surface area contributed by atoms with Crippen LogP contribution in [0.3, 0.4) is 0 Å². The van der Waals surface area contributed by atoms with Gasteiger partial charge in [-0.1, -0.05) is 69.6 Å². The van der Waals surface area contributed by atoms with Crippen LogP contribution in [0.15, 0.2) is 46.4 Å². The summed E-state index contributed by atoms with van der Waals surface area (Å²) in [5.74, 6) is 0. The van der Waals surface area contributed by atoms with E-state index in [1.807, 2.05) is 37.6 Å². The SMILES string of the molecule is CC(=Nc1c(Cl)cc(Cl)cc1Cl)c1ccc(C(C)=Nc2c(Cl)cc(Cl)cc2Cl)n1C. The molecule has 0 spiro atoms. The maximum absolute atomic E-state index is 6.26. The topological polar surface area (TPSA) is 29.6 Å². The molecule has 3 aromatic rings. The van der Waals surface area contributed by atoms with E-state index in [0.717, 1.165) is 22.8 Å². The highest BCUT2D eigenvalue weighted by molar-refractivity contribution is 6.42. The fraction of sp³-hybridized carbons (Fsp3) is 0.143. The molecule has 156 valence electrons. The summed E-state index contributed by atoms with van der Waals surface area (Å²) in [6.07, 6.45) is 0. The van der Waals surface area contributed by atoms with Crippen LogP contribution in [-0.4, -0.2) is 16.0 Å². The Morgan fingerprint density at radius 3 is 1.23 bits per heavy atom. The molecule has 9 heteroatoms. The molecule has 0 atom stereocenters. The molecule has 0 saturated carbocycles. The van der Waals surface area contributed by atoms with Crippen molar-refractivity contribution < 1.29 is 0 Å². The van der Waals surface area contributed by atoms with Gasteiger partial charge in [-0.25, -0.2) is 9.98 Å². The molecular weight excluding hydrogens is 507 g/mol. The van der Waals surface area contributed by atoms with Crippen molar-refractivity contribution in [2.45, 2.75) is 13.8 Å². The number of nitrogens with zero attached hydrogens (tertiary/aromatic N) is 3. The molecule has 0 aliphatic heterocycles. The third-order valence-corrected chi connectivity index (χ3v) is 5.97. The lowest BCUT2D eigenvalue weighted by Crippen LogP contribution is -2.09. The molecule has 2 aromatic carbocycles. The third kappa shape index (κ3) is 4.99. The molecule has 0 saturated heterocycles. The number of halogens is 6. The first-order valence-corrected chi connectivity index (χ1v) is 10.9. The summed E-state index contributed by atoms with van der Waals surface area (Å²) in [5, 5.41) is 2.43. The van der Waals surface area contributed by atoms with Gasteiger partial charge < -0.3 is 4.57 Å². The zero-order chi connectivity index (χ0) is 22.2. The van der Waals surface area contributed by atoms with Gasteiger partial charge in [0.05, 0.1) is 42.9 Å². The van der Waals surface area contributed by atoms with Gasteiger partial charge in [0.1, 0.15) is 11.4 Å². The molecule has 0 radical (unpaired) electrons. The van der Waals surface area contributed by atoms with Crippen molar-refractivity contribution in [3.63, 3.8) is 0 Å². The fourth-order valence-corrected chi connectivity index (χ4v) is 4.77. The fourth-order valence-electron chi connectivity index (χ4n) is 2.97. The summed E-state index contributed by atoms with van der Waals surface area (Å²) in [4.78, 5) is 9.20. The first-order valence-electron chi connectivity index (χ1n) is 8.64. The molecule has 3 nitrogen and oxygen atoms in total. The maximum atomic E-state index is 6.26. The first-order chi connectivity index (χ1) is 14.1. The lowest BCUT2D eigenvalue weighted by molar-refractivity contribution is 0.900. The summed E-state index contributed by atoms with van der Waals surface area (Å²) in [5.41, 5.74) is 4.13. The number of rotatable bonds is 4. The highest BCUT2D eigenvalue weighted by atomic mass is 35.5. The van der Waals surface area contributed by atoms with E-state index in [1.54, 1.807) is 24.3 Å². The molecule has 0 fully saturated rings. The third-order valence-electron chi connectivity index (χ3n) is 4.39. The summed E-state index contributed by atoms with van der Waals surface area (Å²) in [7, 11) is 1.92. The van der Waals surface area contributed by atoms with E-state index < -0.39 is 0 Å². The van der Waals surface area contributed by atoms with Crippen LogP contribution in [0.5, 0.6) is 0 Å². The van der Waals surface area contributed by atoms with Gasteiger partial charge in [0.25, 0.3) is 0 Å². The maximum Gasteiger partial charge on any atom is 0.101 e. The molecule has 0 unspecified atom stereocenters. The molecule has 0 N–H and O–H groups in total. The Morgan fingerprint density at radius 1 is 0.633 bits per heavy atom. The summed E-state index contributed by atoms with van der Waals surface area (Å²) >= 11 is 37.0. The Hall–Kier alpha value is -1.20. The second-order valence-corrected chi connectivity index (χ2v) is 9.00. The molecule has 0 amide bonds. The van der Waals surface area contributed by atoms with Crippen LogP contribution in [0.25, 0.3) is 0 Å². The van der Waals surface area contributed by atoms with Crippen molar-refractivity contribution in [2.24, 2.45) is 17.0 Å². The molecule has 1 heterocycles. The van der Waals surface area contributed by atoms with Crippen molar-refractivity contribution in [1.82, 2.24) is 4.57 Å². The zero-order valence-electron chi connectivity index (χ0n) is 16.1. The molecule has 0 bridgehead atoms. The standard InChI is InChI=1S/C21H15Cl6N3/c1-10(28-20-14(24)6-12(22)7-15(20)25)18-4-5-19(30(18)3)11(2)29-21-16(26)8-13(23)9-17(21)27/h4-9H,1-3H3. The number of benzene rings is 2. The molecule has 30 heavy (non-hydrogen) atoms. The van der Waals surface area contributed by atoms with E-state index >= 15 is 0 Å².